The average molecular weight is 141 g/mol. The average Bonchev–Trinajstić information content (AvgIpc) is 2.13. The van der Waals surface area contributed by atoms with Gasteiger partial charge in [-0.25, -0.2) is 0 Å². The summed E-state index contributed by atoms with van der Waals surface area (Å²) in [5, 5.41) is 2.11. The lowest BCUT2D eigenvalue weighted by Crippen LogP contribution is -2.22. The van der Waals surface area contributed by atoms with E-state index in [-0.39, 0.29) is 24.7 Å². The first-order valence-corrected chi connectivity index (χ1v) is 3.01. The highest BCUT2D eigenvalue weighted by Crippen LogP contribution is 2.12. The first-order valence-electron chi connectivity index (χ1n) is 3.01. The Labute approximate surface area is 57.6 Å². The predicted octanol–water partition coefficient (Wildman–Crippen LogP) is -0.762. The summed E-state index contributed by atoms with van der Waals surface area (Å²) in [5.74, 6) is -1.01. The molecule has 4 nitrogen and oxygen atoms in total. The van der Waals surface area contributed by atoms with Gasteiger partial charge in [-0.1, -0.05) is 0 Å². The number of hydrogen-bond donors (Lipinski definition) is 1. The van der Waals surface area contributed by atoms with Crippen molar-refractivity contribution >= 4 is 18.1 Å². The van der Waals surface area contributed by atoms with Crippen LogP contribution in [-0.2, 0) is 14.4 Å². The fourth-order valence-electron chi connectivity index (χ4n) is 0.914. The SMILES string of the molecule is O=CCC1CC(=O)NC1=O. The molecular formula is C6H7NO3. The summed E-state index contributed by atoms with van der Waals surface area (Å²) in [6.45, 7) is 0. The van der Waals surface area contributed by atoms with Gasteiger partial charge < -0.3 is 4.79 Å². The molecule has 0 saturated carbocycles. The van der Waals surface area contributed by atoms with E-state index in [1.54, 1.807) is 0 Å². The van der Waals surface area contributed by atoms with Crippen LogP contribution in [0.3, 0.4) is 0 Å². The first kappa shape index (κ1) is 6.92. The number of amides is 2. The van der Waals surface area contributed by atoms with Crippen LogP contribution in [0, 0.1) is 5.92 Å². The van der Waals surface area contributed by atoms with E-state index in [4.69, 9.17) is 0 Å². The lowest BCUT2D eigenvalue weighted by molar-refractivity contribution is -0.126. The predicted molar refractivity (Wildman–Crippen MR) is 31.9 cm³/mol. The molecule has 4 heteroatoms. The number of rotatable bonds is 2. The van der Waals surface area contributed by atoms with Crippen LogP contribution in [0.1, 0.15) is 12.8 Å². The molecule has 1 atom stereocenters. The maximum absolute atomic E-state index is 10.7. The maximum atomic E-state index is 10.7. The third-order valence-electron chi connectivity index (χ3n) is 1.45. The van der Waals surface area contributed by atoms with Crippen molar-refractivity contribution in [3.05, 3.63) is 0 Å². The van der Waals surface area contributed by atoms with Crippen molar-refractivity contribution in [2.75, 3.05) is 0 Å². The molecule has 10 heavy (non-hydrogen) atoms. The van der Waals surface area contributed by atoms with E-state index in [1.165, 1.54) is 0 Å². The summed E-state index contributed by atoms with van der Waals surface area (Å²) < 4.78 is 0. The Bertz CT molecular complexity index is 187. The quantitative estimate of drug-likeness (QED) is 0.406. The molecule has 1 unspecified atom stereocenters. The second-order valence-corrected chi connectivity index (χ2v) is 2.22. The maximum Gasteiger partial charge on any atom is 0.230 e. The highest BCUT2D eigenvalue weighted by Gasteiger charge is 2.29. The number of hydrogen-bond acceptors (Lipinski definition) is 3. The van der Waals surface area contributed by atoms with Gasteiger partial charge in [-0.2, -0.15) is 0 Å². The highest BCUT2D eigenvalue weighted by molar-refractivity contribution is 6.04. The minimum Gasteiger partial charge on any atom is -0.303 e. The standard InChI is InChI=1S/C6H7NO3/c8-2-1-4-3-5(9)7-6(4)10/h2,4H,1,3H2,(H,7,9,10). The zero-order valence-electron chi connectivity index (χ0n) is 5.29. The number of carbonyl (C=O) groups excluding carboxylic acids is 3. The molecule has 0 spiro atoms. The zero-order valence-corrected chi connectivity index (χ0v) is 5.29. The Morgan fingerprint density at radius 2 is 2.30 bits per heavy atom. The van der Waals surface area contributed by atoms with Crippen LogP contribution in [0.25, 0.3) is 0 Å². The Balaban J connectivity index is 2.54. The molecule has 1 rings (SSSR count). The van der Waals surface area contributed by atoms with Gasteiger partial charge in [-0.15, -0.1) is 0 Å². The van der Waals surface area contributed by atoms with Crippen molar-refractivity contribution in [1.82, 2.24) is 5.32 Å². The third-order valence-corrected chi connectivity index (χ3v) is 1.45. The topological polar surface area (TPSA) is 63.2 Å². The van der Waals surface area contributed by atoms with Gasteiger partial charge in [0.05, 0.1) is 5.92 Å². The number of carbonyl (C=O) groups is 3. The molecule has 0 aromatic rings. The Hall–Kier alpha value is -1.19. The van der Waals surface area contributed by atoms with Crippen molar-refractivity contribution in [2.24, 2.45) is 5.92 Å². The molecule has 0 aromatic heterocycles. The minimum atomic E-state index is -0.412. The van der Waals surface area contributed by atoms with Crippen LogP contribution in [0.5, 0.6) is 0 Å². The van der Waals surface area contributed by atoms with Crippen LogP contribution in [0.15, 0.2) is 0 Å². The molecule has 1 N–H and O–H groups in total. The van der Waals surface area contributed by atoms with Crippen molar-refractivity contribution in [2.45, 2.75) is 12.8 Å². The molecular weight excluding hydrogens is 134 g/mol. The lowest BCUT2D eigenvalue weighted by atomic mass is 10.1. The van der Waals surface area contributed by atoms with Crippen molar-refractivity contribution in [3.63, 3.8) is 0 Å². The number of aldehydes is 1. The second kappa shape index (κ2) is 2.60. The molecule has 0 radical (unpaired) electrons. The molecule has 54 valence electrons. The fraction of sp³-hybridized carbons (Fsp3) is 0.500. The monoisotopic (exact) mass is 141 g/mol. The summed E-state index contributed by atoms with van der Waals surface area (Å²) >= 11 is 0. The number of nitrogens with one attached hydrogen (secondary N) is 1. The van der Waals surface area contributed by atoms with Gasteiger partial charge in [0.15, 0.2) is 0 Å². The second-order valence-electron chi connectivity index (χ2n) is 2.22. The normalized spacial score (nSPS) is 24.6. The van der Waals surface area contributed by atoms with E-state index in [0.29, 0.717) is 6.29 Å². The summed E-state index contributed by atoms with van der Waals surface area (Å²) in [5.41, 5.74) is 0. The van der Waals surface area contributed by atoms with Gasteiger partial charge >= 0.3 is 0 Å². The minimum absolute atomic E-state index is 0.150. The molecule has 1 saturated heterocycles. The van der Waals surface area contributed by atoms with E-state index in [0.717, 1.165) is 0 Å². The first-order chi connectivity index (χ1) is 4.74. The third kappa shape index (κ3) is 1.21. The van der Waals surface area contributed by atoms with E-state index >= 15 is 0 Å². The highest BCUT2D eigenvalue weighted by atomic mass is 16.2. The number of imide groups is 1. The molecule has 1 aliphatic rings. The molecule has 0 aliphatic carbocycles. The van der Waals surface area contributed by atoms with Crippen LogP contribution < -0.4 is 5.32 Å². The van der Waals surface area contributed by atoms with E-state index in [9.17, 15) is 14.4 Å². The smallest absolute Gasteiger partial charge is 0.230 e. The summed E-state index contributed by atoms with van der Waals surface area (Å²) in [6, 6.07) is 0. The zero-order chi connectivity index (χ0) is 7.56. The van der Waals surface area contributed by atoms with Gasteiger partial charge in [-0.05, 0) is 0 Å². The van der Waals surface area contributed by atoms with E-state index in [2.05, 4.69) is 5.32 Å². The van der Waals surface area contributed by atoms with E-state index < -0.39 is 5.92 Å². The van der Waals surface area contributed by atoms with Gasteiger partial charge in [-0.3, -0.25) is 14.9 Å². The molecule has 0 bridgehead atoms. The fourth-order valence-corrected chi connectivity index (χ4v) is 0.914. The Morgan fingerprint density at radius 3 is 2.70 bits per heavy atom. The van der Waals surface area contributed by atoms with Crippen LogP contribution in [0.2, 0.25) is 0 Å². The Kier molecular flexibility index (Phi) is 1.80. The van der Waals surface area contributed by atoms with Crippen molar-refractivity contribution in [3.8, 4) is 0 Å². The van der Waals surface area contributed by atoms with Crippen LogP contribution in [-0.4, -0.2) is 18.1 Å². The van der Waals surface area contributed by atoms with Gasteiger partial charge in [0.2, 0.25) is 11.8 Å². The molecule has 2 amide bonds. The molecule has 1 heterocycles. The van der Waals surface area contributed by atoms with Gasteiger partial charge in [0.1, 0.15) is 6.29 Å². The lowest BCUT2D eigenvalue weighted by Gasteiger charge is -1.95. The van der Waals surface area contributed by atoms with Gasteiger partial charge in [0, 0.05) is 12.8 Å². The Morgan fingerprint density at radius 1 is 1.60 bits per heavy atom. The molecule has 1 aliphatic heterocycles. The van der Waals surface area contributed by atoms with Crippen molar-refractivity contribution < 1.29 is 14.4 Å². The van der Waals surface area contributed by atoms with Crippen LogP contribution >= 0.6 is 0 Å². The van der Waals surface area contributed by atoms with Crippen LogP contribution in [0.4, 0.5) is 0 Å². The van der Waals surface area contributed by atoms with E-state index in [1.807, 2.05) is 0 Å². The molecule has 0 aromatic carbocycles. The largest absolute Gasteiger partial charge is 0.303 e. The molecule has 1 fully saturated rings. The van der Waals surface area contributed by atoms with Gasteiger partial charge in [0.25, 0.3) is 0 Å². The summed E-state index contributed by atoms with van der Waals surface area (Å²) in [4.78, 5) is 31.1. The summed E-state index contributed by atoms with van der Waals surface area (Å²) in [7, 11) is 0. The summed E-state index contributed by atoms with van der Waals surface area (Å²) in [6.07, 6.45) is 0.970. The van der Waals surface area contributed by atoms with Crippen molar-refractivity contribution in [1.29, 1.82) is 0 Å².